The van der Waals surface area contributed by atoms with Crippen LogP contribution in [0.4, 0.5) is 0 Å². The highest BCUT2D eigenvalue weighted by Crippen LogP contribution is 2.11. The van der Waals surface area contributed by atoms with Crippen LogP contribution in [0.1, 0.15) is 34.1 Å². The van der Waals surface area contributed by atoms with E-state index in [-0.39, 0.29) is 11.7 Å². The third-order valence-electron chi connectivity index (χ3n) is 1.74. The first kappa shape index (κ1) is 16.0. The summed E-state index contributed by atoms with van der Waals surface area (Å²) >= 11 is 1.35. The van der Waals surface area contributed by atoms with Crippen molar-refractivity contribution in [1.29, 1.82) is 0 Å². The fourth-order valence-electron chi connectivity index (χ4n) is 1.06. The second-order valence-electron chi connectivity index (χ2n) is 4.49. The summed E-state index contributed by atoms with van der Waals surface area (Å²) in [5, 5.41) is 8.77. The third-order valence-corrected chi connectivity index (χ3v) is 2.59. The molecule has 0 amide bonds. The molecule has 0 radical (unpaired) electrons. The number of carboxylic acids is 1. The van der Waals surface area contributed by atoms with Crippen LogP contribution < -0.4 is 0 Å². The Balaban J connectivity index is 3.92. The molecule has 0 aromatic heterocycles. The van der Waals surface area contributed by atoms with E-state index in [1.165, 1.54) is 11.8 Å². The van der Waals surface area contributed by atoms with Crippen LogP contribution in [0.25, 0.3) is 0 Å². The molecular formula is C12H20O4S. The van der Waals surface area contributed by atoms with Crippen LogP contribution in [0.5, 0.6) is 0 Å². The van der Waals surface area contributed by atoms with E-state index in [0.29, 0.717) is 17.7 Å². The molecule has 98 valence electrons. The summed E-state index contributed by atoms with van der Waals surface area (Å²) in [6.45, 7) is 7.23. The monoisotopic (exact) mass is 260 g/mol. The number of thioether (sulfide) groups is 1. The van der Waals surface area contributed by atoms with E-state index in [2.05, 4.69) is 0 Å². The Morgan fingerprint density at radius 3 is 2.35 bits per heavy atom. The van der Waals surface area contributed by atoms with E-state index >= 15 is 0 Å². The molecule has 1 N–H and O–H groups in total. The number of hydrogen-bond donors (Lipinski definition) is 1. The van der Waals surface area contributed by atoms with Crippen LogP contribution in [-0.2, 0) is 14.3 Å². The van der Waals surface area contributed by atoms with Gasteiger partial charge in [-0.15, -0.1) is 11.8 Å². The minimum absolute atomic E-state index is 0.240. The Labute approximate surface area is 106 Å². The first-order valence-electron chi connectivity index (χ1n) is 5.48. The number of esters is 1. The summed E-state index contributed by atoms with van der Waals surface area (Å²) in [6.07, 6.45) is 2.12. The predicted molar refractivity (Wildman–Crippen MR) is 69.2 cm³/mol. The molecule has 0 heterocycles. The van der Waals surface area contributed by atoms with Gasteiger partial charge < -0.3 is 9.84 Å². The summed E-state index contributed by atoms with van der Waals surface area (Å²) in [6, 6.07) is 0. The highest BCUT2D eigenvalue weighted by atomic mass is 32.2. The molecule has 0 rings (SSSR count). The van der Waals surface area contributed by atoms with E-state index < -0.39 is 11.6 Å². The Morgan fingerprint density at radius 1 is 1.35 bits per heavy atom. The normalized spacial score (nSPS) is 12.4. The fraction of sp³-hybridized carbons (Fsp3) is 0.667. The molecule has 5 heteroatoms. The first-order valence-corrected chi connectivity index (χ1v) is 6.63. The SMILES string of the molecule is CCC(=CCSCC(=O)OC(C)(C)C)C(=O)O. The lowest BCUT2D eigenvalue weighted by atomic mass is 10.2. The largest absolute Gasteiger partial charge is 0.478 e. The molecule has 0 atom stereocenters. The molecule has 0 bridgehead atoms. The van der Waals surface area contributed by atoms with Gasteiger partial charge in [0.05, 0.1) is 5.75 Å². The molecule has 0 fully saturated rings. The van der Waals surface area contributed by atoms with E-state index in [9.17, 15) is 9.59 Å². The standard InChI is InChI=1S/C12H20O4S/c1-5-9(11(14)15)6-7-17-8-10(13)16-12(2,3)4/h6H,5,7-8H2,1-4H3,(H,14,15). The van der Waals surface area contributed by atoms with Crippen molar-refractivity contribution in [3.8, 4) is 0 Å². The molecule has 0 unspecified atom stereocenters. The van der Waals surface area contributed by atoms with Crippen molar-refractivity contribution in [2.24, 2.45) is 0 Å². The zero-order valence-corrected chi connectivity index (χ0v) is 11.6. The van der Waals surface area contributed by atoms with E-state index in [0.717, 1.165) is 0 Å². The highest BCUT2D eigenvalue weighted by Gasteiger charge is 2.15. The number of ether oxygens (including phenoxy) is 1. The van der Waals surface area contributed by atoms with Gasteiger partial charge >= 0.3 is 11.9 Å². The van der Waals surface area contributed by atoms with Gasteiger partial charge in [-0.2, -0.15) is 0 Å². The Bertz CT molecular complexity index is 302. The van der Waals surface area contributed by atoms with Gasteiger partial charge in [-0.05, 0) is 27.2 Å². The Morgan fingerprint density at radius 2 is 1.94 bits per heavy atom. The Hall–Kier alpha value is -0.970. The van der Waals surface area contributed by atoms with Crippen LogP contribution in [0, 0.1) is 0 Å². The summed E-state index contributed by atoms with van der Waals surface area (Å²) < 4.78 is 5.12. The van der Waals surface area contributed by atoms with Crippen molar-refractivity contribution < 1.29 is 19.4 Å². The van der Waals surface area contributed by atoms with Gasteiger partial charge in [0, 0.05) is 11.3 Å². The van der Waals surface area contributed by atoms with Crippen LogP contribution in [0.2, 0.25) is 0 Å². The molecule has 0 aliphatic rings. The van der Waals surface area contributed by atoms with Crippen molar-refractivity contribution in [2.75, 3.05) is 11.5 Å². The van der Waals surface area contributed by atoms with E-state index in [4.69, 9.17) is 9.84 Å². The molecule has 0 saturated carbocycles. The summed E-state index contributed by atoms with van der Waals surface area (Å²) in [5.41, 5.74) is -0.0926. The van der Waals surface area contributed by atoms with E-state index in [1.54, 1.807) is 13.0 Å². The smallest absolute Gasteiger partial charge is 0.331 e. The van der Waals surface area contributed by atoms with Gasteiger partial charge in [-0.1, -0.05) is 13.0 Å². The lowest BCUT2D eigenvalue weighted by Crippen LogP contribution is -2.25. The zero-order valence-electron chi connectivity index (χ0n) is 10.8. The number of hydrogen-bond acceptors (Lipinski definition) is 4. The molecule has 0 aliphatic carbocycles. The zero-order chi connectivity index (χ0) is 13.5. The van der Waals surface area contributed by atoms with Crippen molar-refractivity contribution >= 4 is 23.7 Å². The molecule has 4 nitrogen and oxygen atoms in total. The number of carbonyl (C=O) groups is 2. The van der Waals surface area contributed by atoms with Crippen LogP contribution in [-0.4, -0.2) is 34.2 Å². The first-order chi connectivity index (χ1) is 7.76. The number of aliphatic carboxylic acids is 1. The Kier molecular flexibility index (Phi) is 6.95. The van der Waals surface area contributed by atoms with Crippen LogP contribution in [0.3, 0.4) is 0 Å². The van der Waals surface area contributed by atoms with Gasteiger partial charge in [-0.25, -0.2) is 4.79 Å². The molecule has 0 aliphatic heterocycles. The van der Waals surface area contributed by atoms with Gasteiger partial charge in [0.1, 0.15) is 5.60 Å². The lowest BCUT2D eigenvalue weighted by Gasteiger charge is -2.19. The quantitative estimate of drug-likeness (QED) is 0.451. The molecule has 0 aromatic rings. The van der Waals surface area contributed by atoms with E-state index in [1.807, 2.05) is 20.8 Å². The van der Waals surface area contributed by atoms with Crippen molar-refractivity contribution in [3.63, 3.8) is 0 Å². The summed E-state index contributed by atoms with van der Waals surface area (Å²) in [5.74, 6) is -0.423. The second-order valence-corrected chi connectivity index (χ2v) is 5.52. The summed E-state index contributed by atoms with van der Waals surface area (Å²) in [4.78, 5) is 22.0. The average Bonchev–Trinajstić information content (AvgIpc) is 2.14. The number of rotatable bonds is 6. The molecule has 0 aromatic carbocycles. The van der Waals surface area contributed by atoms with Gasteiger partial charge in [0.25, 0.3) is 0 Å². The van der Waals surface area contributed by atoms with Crippen molar-refractivity contribution in [1.82, 2.24) is 0 Å². The lowest BCUT2D eigenvalue weighted by molar-refractivity contribution is -0.151. The maximum atomic E-state index is 11.3. The van der Waals surface area contributed by atoms with Gasteiger partial charge in [-0.3, -0.25) is 4.79 Å². The van der Waals surface area contributed by atoms with Crippen molar-refractivity contribution in [2.45, 2.75) is 39.7 Å². The van der Waals surface area contributed by atoms with Gasteiger partial charge in [0.15, 0.2) is 0 Å². The predicted octanol–water partition coefficient (Wildman–Crippen LogP) is 2.48. The second kappa shape index (κ2) is 7.37. The third kappa shape index (κ3) is 8.80. The topological polar surface area (TPSA) is 63.6 Å². The number of carboxylic acid groups (broad SMARTS) is 1. The number of carbonyl (C=O) groups excluding carboxylic acids is 1. The summed E-state index contributed by atoms with van der Waals surface area (Å²) in [7, 11) is 0. The molecule has 0 saturated heterocycles. The molecule has 17 heavy (non-hydrogen) atoms. The maximum absolute atomic E-state index is 11.3. The van der Waals surface area contributed by atoms with Crippen molar-refractivity contribution in [3.05, 3.63) is 11.6 Å². The maximum Gasteiger partial charge on any atom is 0.331 e. The van der Waals surface area contributed by atoms with Crippen LogP contribution >= 0.6 is 11.8 Å². The minimum atomic E-state index is -0.898. The highest BCUT2D eigenvalue weighted by molar-refractivity contribution is 8.00. The molecular weight excluding hydrogens is 240 g/mol. The van der Waals surface area contributed by atoms with Crippen LogP contribution in [0.15, 0.2) is 11.6 Å². The van der Waals surface area contributed by atoms with Gasteiger partial charge in [0.2, 0.25) is 0 Å². The fourth-order valence-corrected chi connectivity index (χ4v) is 1.72. The average molecular weight is 260 g/mol. The molecule has 0 spiro atoms. The minimum Gasteiger partial charge on any atom is -0.478 e.